The van der Waals surface area contributed by atoms with Gasteiger partial charge >= 0.3 is 0 Å². The van der Waals surface area contributed by atoms with E-state index < -0.39 is 0 Å². The van der Waals surface area contributed by atoms with Crippen molar-refractivity contribution in [1.29, 1.82) is 0 Å². The fourth-order valence-corrected chi connectivity index (χ4v) is 1.67. The van der Waals surface area contributed by atoms with Crippen LogP contribution in [0.25, 0.3) is 0 Å². The van der Waals surface area contributed by atoms with Crippen LogP contribution in [0.5, 0.6) is 0 Å². The molecule has 0 radical (unpaired) electrons. The van der Waals surface area contributed by atoms with Gasteiger partial charge in [-0.2, -0.15) is 0 Å². The first kappa shape index (κ1) is 14.3. The maximum Gasteiger partial charge on any atom is 0.251 e. The number of carbonyl (C=O) groups excluding carboxylic acids is 1. The van der Waals surface area contributed by atoms with Crippen LogP contribution >= 0.6 is 0 Å². The molecule has 0 atom stereocenters. The van der Waals surface area contributed by atoms with Gasteiger partial charge in [0.2, 0.25) is 0 Å². The molecule has 0 bridgehead atoms. The van der Waals surface area contributed by atoms with Gasteiger partial charge in [0, 0.05) is 19.2 Å². The van der Waals surface area contributed by atoms with E-state index >= 15 is 0 Å². The Labute approximate surface area is 108 Å². The number of carbonyl (C=O) groups is 1. The van der Waals surface area contributed by atoms with E-state index in [1.165, 1.54) is 0 Å². The summed E-state index contributed by atoms with van der Waals surface area (Å²) in [5.74, 6) is 0.295. The fraction of sp³-hybridized carbons (Fsp3) is 0.462. The molecule has 1 aromatic carbocycles. The molecule has 0 unspecified atom stereocenters. The lowest BCUT2D eigenvalue weighted by atomic mass is 10.1. The summed E-state index contributed by atoms with van der Waals surface area (Å²) in [5, 5.41) is 4.29. The molecule has 0 aromatic heterocycles. The number of hydrogen-bond acceptors (Lipinski definition) is 4. The zero-order valence-corrected chi connectivity index (χ0v) is 11.4. The summed E-state index contributed by atoms with van der Waals surface area (Å²) in [4.78, 5) is 16.8. The number of anilines is 2. The molecule has 0 aliphatic heterocycles. The lowest BCUT2D eigenvalue weighted by Crippen LogP contribution is -2.27. The monoisotopic (exact) mass is 251 g/mol. The molecule has 1 rings (SSSR count). The first-order valence-electron chi connectivity index (χ1n) is 5.92. The summed E-state index contributed by atoms with van der Waals surface area (Å²) in [7, 11) is 3.20. The number of nitrogens with zero attached hydrogens (tertiary/aromatic N) is 1. The number of hydroxylamine groups is 1. The zero-order valence-electron chi connectivity index (χ0n) is 11.4. The third kappa shape index (κ3) is 3.37. The number of nitrogen functional groups attached to an aromatic ring is 1. The first-order chi connectivity index (χ1) is 8.49. The molecule has 5 heteroatoms. The van der Waals surface area contributed by atoms with E-state index in [1.54, 1.807) is 37.4 Å². The first-order valence-corrected chi connectivity index (χ1v) is 5.92. The van der Waals surface area contributed by atoms with Crippen molar-refractivity contribution in [3.8, 4) is 0 Å². The Balaban J connectivity index is 2.99. The summed E-state index contributed by atoms with van der Waals surface area (Å²) < 4.78 is 0. The molecule has 18 heavy (non-hydrogen) atoms. The van der Waals surface area contributed by atoms with Crippen molar-refractivity contribution in [2.45, 2.75) is 13.8 Å². The van der Waals surface area contributed by atoms with Gasteiger partial charge < -0.3 is 11.1 Å². The SMILES string of the molecule is CNC(=O)c1ccc(N(CC(C)C)OC)c(N)c1. The molecule has 5 nitrogen and oxygen atoms in total. The molecule has 0 aliphatic rings. The topological polar surface area (TPSA) is 67.6 Å². The normalized spacial score (nSPS) is 10.5. The molecule has 0 heterocycles. The van der Waals surface area contributed by atoms with Gasteiger partial charge in [-0.15, -0.1) is 0 Å². The van der Waals surface area contributed by atoms with Crippen LogP contribution in [0.2, 0.25) is 0 Å². The van der Waals surface area contributed by atoms with Crippen LogP contribution < -0.4 is 16.1 Å². The predicted octanol–water partition coefficient (Wildman–Crippen LogP) is 1.65. The summed E-state index contributed by atoms with van der Waals surface area (Å²) in [6.45, 7) is 4.93. The van der Waals surface area contributed by atoms with Crippen molar-refractivity contribution in [3.63, 3.8) is 0 Å². The Hall–Kier alpha value is -1.75. The molecule has 0 spiro atoms. The molecule has 1 aromatic rings. The molecule has 1 amide bonds. The fourth-order valence-electron chi connectivity index (χ4n) is 1.67. The van der Waals surface area contributed by atoms with Gasteiger partial charge in [0.25, 0.3) is 5.91 Å². The molecule has 0 saturated heterocycles. The van der Waals surface area contributed by atoms with Crippen molar-refractivity contribution >= 4 is 17.3 Å². The summed E-state index contributed by atoms with van der Waals surface area (Å²) in [6, 6.07) is 5.18. The smallest absolute Gasteiger partial charge is 0.251 e. The van der Waals surface area contributed by atoms with Gasteiger partial charge in [-0.1, -0.05) is 13.8 Å². The number of rotatable bonds is 5. The number of benzene rings is 1. The van der Waals surface area contributed by atoms with Crippen LogP contribution in [0, 0.1) is 5.92 Å². The number of hydrogen-bond donors (Lipinski definition) is 2. The van der Waals surface area contributed by atoms with Crippen molar-refractivity contribution < 1.29 is 9.63 Å². The summed E-state index contributed by atoms with van der Waals surface area (Å²) in [5.41, 5.74) is 7.81. The number of nitrogens with one attached hydrogen (secondary N) is 1. The summed E-state index contributed by atoms with van der Waals surface area (Å²) >= 11 is 0. The van der Waals surface area contributed by atoms with Crippen molar-refractivity contribution in [1.82, 2.24) is 5.32 Å². The van der Waals surface area contributed by atoms with E-state index in [-0.39, 0.29) is 5.91 Å². The van der Waals surface area contributed by atoms with Gasteiger partial charge in [-0.05, 0) is 24.1 Å². The molecule has 100 valence electrons. The number of nitrogens with two attached hydrogens (primary N) is 1. The van der Waals surface area contributed by atoms with Gasteiger partial charge in [0.05, 0.1) is 18.5 Å². The lowest BCUT2D eigenvalue weighted by molar-refractivity contribution is 0.0963. The maximum atomic E-state index is 11.5. The Morgan fingerprint density at radius 1 is 1.50 bits per heavy atom. The Morgan fingerprint density at radius 2 is 2.17 bits per heavy atom. The highest BCUT2D eigenvalue weighted by Crippen LogP contribution is 2.25. The highest BCUT2D eigenvalue weighted by atomic mass is 16.7. The van der Waals surface area contributed by atoms with E-state index in [9.17, 15) is 4.79 Å². The molecule has 0 saturated carbocycles. The Kier molecular flexibility index (Phi) is 4.97. The highest BCUT2D eigenvalue weighted by molar-refractivity contribution is 5.95. The quantitative estimate of drug-likeness (QED) is 0.617. The largest absolute Gasteiger partial charge is 0.397 e. The predicted molar refractivity (Wildman–Crippen MR) is 73.4 cm³/mol. The van der Waals surface area contributed by atoms with Crippen molar-refractivity contribution in [3.05, 3.63) is 23.8 Å². The van der Waals surface area contributed by atoms with E-state index in [4.69, 9.17) is 10.6 Å². The molecular formula is C13H21N3O2. The van der Waals surface area contributed by atoms with Crippen LogP contribution in [0.15, 0.2) is 18.2 Å². The zero-order chi connectivity index (χ0) is 13.7. The second kappa shape index (κ2) is 6.26. The van der Waals surface area contributed by atoms with Crippen molar-refractivity contribution in [2.75, 3.05) is 31.5 Å². The number of amides is 1. The standard InChI is InChI=1S/C13H21N3O2/c1-9(2)8-16(18-4)12-6-5-10(7-11(12)14)13(17)15-3/h5-7,9H,8,14H2,1-4H3,(H,15,17). The second-order valence-electron chi connectivity index (χ2n) is 4.49. The highest BCUT2D eigenvalue weighted by Gasteiger charge is 2.13. The van der Waals surface area contributed by atoms with Crippen molar-refractivity contribution in [2.24, 2.45) is 5.92 Å². The van der Waals surface area contributed by atoms with Gasteiger partial charge in [0.15, 0.2) is 0 Å². The Bertz CT molecular complexity index is 419. The van der Waals surface area contributed by atoms with E-state index in [0.29, 0.717) is 17.2 Å². The van der Waals surface area contributed by atoms with Gasteiger partial charge in [-0.25, -0.2) is 0 Å². The van der Waals surface area contributed by atoms with Crippen LogP contribution in [0.3, 0.4) is 0 Å². The van der Waals surface area contributed by atoms with E-state index in [1.807, 2.05) is 0 Å². The van der Waals surface area contributed by atoms with Crippen LogP contribution in [-0.2, 0) is 4.84 Å². The second-order valence-corrected chi connectivity index (χ2v) is 4.49. The van der Waals surface area contributed by atoms with Gasteiger partial charge in [0.1, 0.15) is 0 Å². The minimum atomic E-state index is -0.152. The van der Waals surface area contributed by atoms with E-state index in [2.05, 4.69) is 19.2 Å². The van der Waals surface area contributed by atoms with Crippen LogP contribution in [0.4, 0.5) is 11.4 Å². The van der Waals surface area contributed by atoms with Crippen LogP contribution in [0.1, 0.15) is 24.2 Å². The minimum absolute atomic E-state index is 0.152. The lowest BCUT2D eigenvalue weighted by Gasteiger charge is -2.25. The average Bonchev–Trinajstić information content (AvgIpc) is 2.35. The molecule has 0 fully saturated rings. The average molecular weight is 251 g/mol. The minimum Gasteiger partial charge on any atom is -0.397 e. The Morgan fingerprint density at radius 3 is 2.61 bits per heavy atom. The molecule has 0 aliphatic carbocycles. The third-order valence-electron chi connectivity index (χ3n) is 2.54. The molecule has 3 N–H and O–H groups in total. The maximum absolute atomic E-state index is 11.5. The summed E-state index contributed by atoms with van der Waals surface area (Å²) in [6.07, 6.45) is 0. The van der Waals surface area contributed by atoms with Crippen LogP contribution in [-0.4, -0.2) is 26.6 Å². The van der Waals surface area contributed by atoms with Gasteiger partial charge in [-0.3, -0.25) is 14.7 Å². The van der Waals surface area contributed by atoms with E-state index in [0.717, 1.165) is 12.2 Å². The molecular weight excluding hydrogens is 230 g/mol. The third-order valence-corrected chi connectivity index (χ3v) is 2.54.